The molecule has 0 fully saturated rings. The van der Waals surface area contributed by atoms with Gasteiger partial charge in [-0.3, -0.25) is 4.79 Å². The van der Waals surface area contributed by atoms with Gasteiger partial charge in [0.05, 0.1) is 12.3 Å². The highest BCUT2D eigenvalue weighted by Gasteiger charge is 2.16. The summed E-state index contributed by atoms with van der Waals surface area (Å²) in [5, 5.41) is 2.93. The summed E-state index contributed by atoms with van der Waals surface area (Å²) in [5.74, 6) is 0.173. The third kappa shape index (κ3) is 2.58. The van der Waals surface area contributed by atoms with Gasteiger partial charge in [0, 0.05) is 9.75 Å². The molecule has 90 valence electrons. The number of furan rings is 1. The van der Waals surface area contributed by atoms with Crippen molar-refractivity contribution in [3.63, 3.8) is 0 Å². The number of rotatable bonds is 3. The van der Waals surface area contributed by atoms with Crippen molar-refractivity contribution in [1.29, 1.82) is 0 Å². The van der Waals surface area contributed by atoms with Gasteiger partial charge in [-0.25, -0.2) is 0 Å². The number of hydrogen-bond acceptors (Lipinski definition) is 3. The Kier molecular flexibility index (Phi) is 3.33. The predicted octanol–water partition coefficient (Wildman–Crippen LogP) is 3.45. The SMILES string of the molecule is Cc1cc([C@@H](C)NC(=O)c2ccco2)c(C)s1. The van der Waals surface area contributed by atoms with E-state index in [1.807, 2.05) is 6.92 Å². The predicted molar refractivity (Wildman–Crippen MR) is 68.4 cm³/mol. The van der Waals surface area contributed by atoms with E-state index in [0.717, 1.165) is 0 Å². The Labute approximate surface area is 104 Å². The zero-order valence-electron chi connectivity index (χ0n) is 10.1. The number of carbonyl (C=O) groups is 1. The molecule has 2 aromatic heterocycles. The van der Waals surface area contributed by atoms with Gasteiger partial charge in [0.2, 0.25) is 0 Å². The fourth-order valence-electron chi connectivity index (χ4n) is 1.83. The molecule has 0 radical (unpaired) electrons. The third-order valence-corrected chi connectivity index (χ3v) is 3.62. The molecule has 2 rings (SSSR count). The molecule has 1 N–H and O–H groups in total. The molecule has 0 bridgehead atoms. The van der Waals surface area contributed by atoms with Crippen LogP contribution in [-0.4, -0.2) is 5.91 Å². The summed E-state index contributed by atoms with van der Waals surface area (Å²) < 4.78 is 5.06. The van der Waals surface area contributed by atoms with Gasteiger partial charge in [-0.05, 0) is 44.5 Å². The molecule has 4 heteroatoms. The second-order valence-electron chi connectivity index (χ2n) is 4.04. The second kappa shape index (κ2) is 4.75. The summed E-state index contributed by atoms with van der Waals surface area (Å²) in [4.78, 5) is 14.3. The zero-order valence-corrected chi connectivity index (χ0v) is 10.9. The number of aryl methyl sites for hydroxylation is 2. The van der Waals surface area contributed by atoms with Crippen molar-refractivity contribution in [2.75, 3.05) is 0 Å². The maximum atomic E-state index is 11.8. The van der Waals surface area contributed by atoms with Gasteiger partial charge in [-0.1, -0.05) is 0 Å². The Morgan fingerprint density at radius 2 is 2.24 bits per heavy atom. The number of carbonyl (C=O) groups excluding carboxylic acids is 1. The summed E-state index contributed by atoms with van der Waals surface area (Å²) in [7, 11) is 0. The zero-order chi connectivity index (χ0) is 12.4. The molecule has 0 saturated carbocycles. The Morgan fingerprint density at radius 3 is 2.76 bits per heavy atom. The van der Waals surface area contributed by atoms with Gasteiger partial charge in [0.25, 0.3) is 5.91 Å². The summed E-state index contributed by atoms with van der Waals surface area (Å²) in [6, 6.07) is 5.48. The maximum absolute atomic E-state index is 11.8. The van der Waals surface area contributed by atoms with Gasteiger partial charge in [0.15, 0.2) is 5.76 Å². The number of nitrogens with one attached hydrogen (secondary N) is 1. The van der Waals surface area contributed by atoms with Crippen molar-refractivity contribution in [2.24, 2.45) is 0 Å². The maximum Gasteiger partial charge on any atom is 0.287 e. The monoisotopic (exact) mass is 249 g/mol. The summed E-state index contributed by atoms with van der Waals surface area (Å²) in [6.07, 6.45) is 1.50. The summed E-state index contributed by atoms with van der Waals surface area (Å²) >= 11 is 1.75. The van der Waals surface area contributed by atoms with E-state index in [-0.39, 0.29) is 11.9 Å². The number of thiophene rings is 1. The molecule has 0 aliphatic carbocycles. The molecule has 2 aromatic rings. The Hall–Kier alpha value is -1.55. The molecular weight excluding hydrogens is 234 g/mol. The van der Waals surface area contributed by atoms with E-state index in [9.17, 15) is 4.79 Å². The van der Waals surface area contributed by atoms with Crippen LogP contribution >= 0.6 is 11.3 Å². The van der Waals surface area contributed by atoms with Crippen LogP contribution in [0.4, 0.5) is 0 Å². The molecule has 0 aliphatic rings. The van der Waals surface area contributed by atoms with Crippen molar-refractivity contribution in [1.82, 2.24) is 5.32 Å². The normalized spacial score (nSPS) is 12.4. The van der Waals surface area contributed by atoms with Crippen molar-refractivity contribution < 1.29 is 9.21 Å². The van der Waals surface area contributed by atoms with Crippen molar-refractivity contribution in [3.05, 3.63) is 45.5 Å². The van der Waals surface area contributed by atoms with Crippen LogP contribution in [0.2, 0.25) is 0 Å². The number of hydrogen-bond donors (Lipinski definition) is 1. The van der Waals surface area contributed by atoms with E-state index < -0.39 is 0 Å². The molecule has 2 heterocycles. The molecule has 0 saturated heterocycles. The molecule has 3 nitrogen and oxygen atoms in total. The van der Waals surface area contributed by atoms with Crippen molar-refractivity contribution >= 4 is 17.2 Å². The first kappa shape index (κ1) is 11.9. The lowest BCUT2D eigenvalue weighted by molar-refractivity contribution is 0.0912. The van der Waals surface area contributed by atoms with Crippen LogP contribution in [0, 0.1) is 13.8 Å². The summed E-state index contributed by atoms with van der Waals surface area (Å²) in [6.45, 7) is 6.13. The van der Waals surface area contributed by atoms with Crippen LogP contribution in [0.5, 0.6) is 0 Å². The highest BCUT2D eigenvalue weighted by atomic mass is 32.1. The minimum atomic E-state index is -0.175. The van der Waals surface area contributed by atoms with Gasteiger partial charge >= 0.3 is 0 Å². The van der Waals surface area contributed by atoms with E-state index in [1.54, 1.807) is 23.5 Å². The number of amides is 1. The molecular formula is C13H15NO2S. The standard InChI is InChI=1S/C13H15NO2S/c1-8-7-11(10(3)17-8)9(2)14-13(15)12-5-4-6-16-12/h4-7,9H,1-3H3,(H,14,15)/t9-/m1/s1. The van der Waals surface area contributed by atoms with E-state index in [4.69, 9.17) is 4.42 Å². The fraction of sp³-hybridized carbons (Fsp3) is 0.308. The minimum absolute atomic E-state index is 0.00227. The molecule has 1 atom stereocenters. The fourth-order valence-corrected chi connectivity index (χ4v) is 2.86. The minimum Gasteiger partial charge on any atom is -0.459 e. The van der Waals surface area contributed by atoms with Crippen LogP contribution in [0.3, 0.4) is 0 Å². The van der Waals surface area contributed by atoms with Crippen LogP contribution in [-0.2, 0) is 0 Å². The first-order chi connectivity index (χ1) is 8.08. The first-order valence-corrected chi connectivity index (χ1v) is 6.31. The average molecular weight is 249 g/mol. The summed E-state index contributed by atoms with van der Waals surface area (Å²) in [5.41, 5.74) is 1.17. The second-order valence-corrected chi connectivity index (χ2v) is 5.50. The van der Waals surface area contributed by atoms with E-state index >= 15 is 0 Å². The van der Waals surface area contributed by atoms with Gasteiger partial charge in [0.1, 0.15) is 0 Å². The van der Waals surface area contributed by atoms with Crippen LogP contribution in [0.25, 0.3) is 0 Å². The molecule has 0 aliphatic heterocycles. The Balaban J connectivity index is 2.09. The lowest BCUT2D eigenvalue weighted by Gasteiger charge is -2.12. The van der Waals surface area contributed by atoms with Crippen molar-refractivity contribution in [3.8, 4) is 0 Å². The van der Waals surface area contributed by atoms with Crippen LogP contribution in [0.15, 0.2) is 28.9 Å². The molecule has 0 unspecified atom stereocenters. The van der Waals surface area contributed by atoms with Gasteiger partial charge < -0.3 is 9.73 Å². The lowest BCUT2D eigenvalue weighted by atomic mass is 10.1. The van der Waals surface area contributed by atoms with Gasteiger partial charge in [-0.15, -0.1) is 11.3 Å². The van der Waals surface area contributed by atoms with Crippen LogP contribution < -0.4 is 5.32 Å². The van der Waals surface area contributed by atoms with Crippen LogP contribution in [0.1, 0.15) is 38.8 Å². The Bertz CT molecular complexity index is 514. The molecule has 0 spiro atoms. The topological polar surface area (TPSA) is 42.2 Å². The van der Waals surface area contributed by atoms with E-state index in [2.05, 4.69) is 25.2 Å². The first-order valence-electron chi connectivity index (χ1n) is 5.49. The third-order valence-electron chi connectivity index (χ3n) is 2.64. The van der Waals surface area contributed by atoms with Crippen molar-refractivity contribution in [2.45, 2.75) is 26.8 Å². The quantitative estimate of drug-likeness (QED) is 0.905. The molecule has 17 heavy (non-hydrogen) atoms. The van der Waals surface area contributed by atoms with E-state index in [0.29, 0.717) is 5.76 Å². The highest BCUT2D eigenvalue weighted by Crippen LogP contribution is 2.26. The highest BCUT2D eigenvalue weighted by molar-refractivity contribution is 7.12. The Morgan fingerprint density at radius 1 is 1.47 bits per heavy atom. The van der Waals surface area contributed by atoms with Gasteiger partial charge in [-0.2, -0.15) is 0 Å². The lowest BCUT2D eigenvalue weighted by Crippen LogP contribution is -2.26. The average Bonchev–Trinajstić information content (AvgIpc) is 2.87. The largest absolute Gasteiger partial charge is 0.459 e. The molecule has 0 aromatic carbocycles. The molecule has 1 amide bonds. The van der Waals surface area contributed by atoms with E-state index in [1.165, 1.54) is 21.6 Å². The smallest absolute Gasteiger partial charge is 0.287 e.